The minimum absolute atomic E-state index is 0.506. The Kier molecular flexibility index (Phi) is 5.68. The van der Waals surface area contributed by atoms with Crippen LogP contribution in [-0.4, -0.2) is 6.54 Å². The highest BCUT2D eigenvalue weighted by molar-refractivity contribution is 5.25. The molecule has 1 aliphatic carbocycles. The highest BCUT2D eigenvalue weighted by Gasteiger charge is 2.30. The van der Waals surface area contributed by atoms with Crippen LogP contribution in [0.15, 0.2) is 24.3 Å². The maximum atomic E-state index is 12.6. The van der Waals surface area contributed by atoms with Crippen LogP contribution in [0.4, 0.5) is 13.2 Å². The van der Waals surface area contributed by atoms with Gasteiger partial charge in [0.2, 0.25) is 0 Å². The minimum atomic E-state index is -4.26. The molecule has 2 atom stereocenters. The Hall–Kier alpha value is -1.03. The number of hydrogen-bond donors (Lipinski definition) is 1. The van der Waals surface area contributed by atoms with E-state index in [9.17, 15) is 13.2 Å². The summed E-state index contributed by atoms with van der Waals surface area (Å²) in [4.78, 5) is 0. The van der Waals surface area contributed by atoms with Crippen LogP contribution >= 0.6 is 0 Å². The van der Waals surface area contributed by atoms with Crippen LogP contribution in [0.25, 0.3) is 0 Å². The van der Waals surface area contributed by atoms with E-state index in [1.807, 2.05) is 0 Å². The molecule has 1 N–H and O–H groups in total. The first-order valence-corrected chi connectivity index (χ1v) is 7.82. The minimum Gasteiger partial charge on any atom is -0.313 e. The average molecular weight is 299 g/mol. The number of nitrogens with one attached hydrogen (secondary N) is 1. The Morgan fingerprint density at radius 3 is 2.76 bits per heavy atom. The largest absolute Gasteiger partial charge is 0.416 e. The van der Waals surface area contributed by atoms with Crippen LogP contribution in [0.2, 0.25) is 0 Å². The summed E-state index contributed by atoms with van der Waals surface area (Å²) in [6.07, 6.45) is 2.13. The van der Waals surface area contributed by atoms with Crippen molar-refractivity contribution in [3.8, 4) is 0 Å². The van der Waals surface area contributed by atoms with Gasteiger partial charge in [0.25, 0.3) is 0 Å². The van der Waals surface area contributed by atoms with Crippen molar-refractivity contribution in [1.29, 1.82) is 0 Å². The van der Waals surface area contributed by atoms with Gasteiger partial charge in [0.1, 0.15) is 0 Å². The summed E-state index contributed by atoms with van der Waals surface area (Å²) in [5.41, 5.74) is 0.129. The van der Waals surface area contributed by atoms with Crippen LogP contribution in [0, 0.1) is 11.8 Å². The molecule has 2 rings (SSSR count). The molecule has 1 fully saturated rings. The molecule has 2 unspecified atom stereocenters. The number of rotatable bonds is 5. The molecule has 118 valence electrons. The Labute approximate surface area is 124 Å². The van der Waals surface area contributed by atoms with E-state index in [0.29, 0.717) is 12.1 Å². The van der Waals surface area contributed by atoms with E-state index in [0.717, 1.165) is 30.9 Å². The molecule has 1 aromatic rings. The van der Waals surface area contributed by atoms with Crippen LogP contribution in [0.1, 0.15) is 50.2 Å². The fourth-order valence-electron chi connectivity index (χ4n) is 3.22. The Morgan fingerprint density at radius 1 is 1.24 bits per heavy atom. The molecule has 0 bridgehead atoms. The van der Waals surface area contributed by atoms with Crippen molar-refractivity contribution in [2.45, 2.75) is 51.7 Å². The Morgan fingerprint density at radius 2 is 2.05 bits per heavy atom. The fraction of sp³-hybridized carbons (Fsp3) is 0.647. The lowest BCUT2D eigenvalue weighted by Gasteiger charge is -2.26. The summed E-state index contributed by atoms with van der Waals surface area (Å²) in [5, 5.41) is 3.28. The van der Waals surface area contributed by atoms with Crippen LogP contribution in [-0.2, 0) is 12.7 Å². The molecule has 0 aliphatic heterocycles. The van der Waals surface area contributed by atoms with E-state index in [1.165, 1.54) is 37.8 Å². The van der Waals surface area contributed by atoms with E-state index in [-0.39, 0.29) is 0 Å². The Balaban J connectivity index is 1.73. The van der Waals surface area contributed by atoms with Crippen molar-refractivity contribution < 1.29 is 13.2 Å². The van der Waals surface area contributed by atoms with Gasteiger partial charge >= 0.3 is 6.18 Å². The van der Waals surface area contributed by atoms with Crippen LogP contribution < -0.4 is 5.32 Å². The van der Waals surface area contributed by atoms with Gasteiger partial charge < -0.3 is 5.32 Å². The smallest absolute Gasteiger partial charge is 0.313 e. The molecule has 0 saturated heterocycles. The van der Waals surface area contributed by atoms with Gasteiger partial charge in [0, 0.05) is 6.54 Å². The predicted octanol–water partition coefficient (Wildman–Crippen LogP) is 5.01. The zero-order chi connectivity index (χ0) is 15.3. The van der Waals surface area contributed by atoms with Crippen molar-refractivity contribution in [1.82, 2.24) is 5.32 Å². The molecular formula is C17H24F3N. The van der Waals surface area contributed by atoms with Crippen molar-refractivity contribution in [2.24, 2.45) is 11.8 Å². The van der Waals surface area contributed by atoms with E-state index >= 15 is 0 Å². The monoisotopic (exact) mass is 299 g/mol. The zero-order valence-electron chi connectivity index (χ0n) is 12.5. The maximum Gasteiger partial charge on any atom is 0.416 e. The third-order valence-corrected chi connectivity index (χ3v) is 4.36. The first-order valence-electron chi connectivity index (χ1n) is 7.82. The second-order valence-electron chi connectivity index (χ2n) is 6.30. The molecule has 1 nitrogen and oxygen atoms in total. The lowest BCUT2D eigenvalue weighted by molar-refractivity contribution is -0.137. The summed E-state index contributed by atoms with van der Waals surface area (Å²) >= 11 is 0. The number of halogens is 3. The van der Waals surface area contributed by atoms with Crippen molar-refractivity contribution >= 4 is 0 Å². The van der Waals surface area contributed by atoms with E-state index < -0.39 is 11.7 Å². The van der Waals surface area contributed by atoms with Gasteiger partial charge in [-0.25, -0.2) is 0 Å². The number of benzene rings is 1. The first kappa shape index (κ1) is 16.3. The summed E-state index contributed by atoms with van der Waals surface area (Å²) in [6, 6.07) is 5.57. The lowest BCUT2D eigenvalue weighted by Crippen LogP contribution is -2.21. The molecular weight excluding hydrogens is 275 g/mol. The molecule has 0 heterocycles. The van der Waals surface area contributed by atoms with Crippen molar-refractivity contribution in [3.05, 3.63) is 35.4 Å². The van der Waals surface area contributed by atoms with E-state index in [2.05, 4.69) is 12.2 Å². The van der Waals surface area contributed by atoms with E-state index in [1.54, 1.807) is 6.07 Å². The normalized spacial score (nSPS) is 23.2. The molecule has 0 radical (unpaired) electrons. The Bertz CT molecular complexity index is 442. The lowest BCUT2D eigenvalue weighted by atomic mass is 9.81. The summed E-state index contributed by atoms with van der Waals surface area (Å²) in [6.45, 7) is 3.70. The molecule has 0 spiro atoms. The van der Waals surface area contributed by atoms with Gasteiger partial charge in [-0.05, 0) is 42.9 Å². The van der Waals surface area contributed by atoms with Gasteiger partial charge in [-0.3, -0.25) is 0 Å². The number of hydrogen-bond acceptors (Lipinski definition) is 1. The second kappa shape index (κ2) is 7.30. The SMILES string of the molecule is CC1CCCC(CCNCc2cccc(C(F)(F)F)c2)C1. The molecule has 0 amide bonds. The van der Waals surface area contributed by atoms with Crippen LogP contribution in [0.3, 0.4) is 0 Å². The summed E-state index contributed by atoms with van der Waals surface area (Å²) < 4.78 is 37.8. The third-order valence-electron chi connectivity index (χ3n) is 4.36. The van der Waals surface area contributed by atoms with Gasteiger partial charge in [0.15, 0.2) is 0 Å². The standard InChI is InChI=1S/C17H24F3N/c1-13-4-2-5-14(10-13)8-9-21-12-15-6-3-7-16(11-15)17(18,19)20/h3,6-7,11,13-14,21H,2,4-5,8-10,12H2,1H3. The molecule has 1 aromatic carbocycles. The van der Waals surface area contributed by atoms with Crippen molar-refractivity contribution in [2.75, 3.05) is 6.54 Å². The molecule has 4 heteroatoms. The van der Waals surface area contributed by atoms with Gasteiger partial charge in [-0.1, -0.05) is 44.4 Å². The summed E-state index contributed by atoms with van der Waals surface area (Å²) in [5.74, 6) is 1.61. The van der Waals surface area contributed by atoms with Crippen LogP contribution in [0.5, 0.6) is 0 Å². The maximum absolute atomic E-state index is 12.6. The van der Waals surface area contributed by atoms with E-state index in [4.69, 9.17) is 0 Å². The zero-order valence-corrected chi connectivity index (χ0v) is 12.5. The topological polar surface area (TPSA) is 12.0 Å². The molecule has 1 aliphatic rings. The van der Waals surface area contributed by atoms with Crippen molar-refractivity contribution in [3.63, 3.8) is 0 Å². The van der Waals surface area contributed by atoms with Gasteiger partial charge in [0.05, 0.1) is 5.56 Å². The predicted molar refractivity (Wildman–Crippen MR) is 78.9 cm³/mol. The quantitative estimate of drug-likeness (QED) is 0.753. The van der Waals surface area contributed by atoms with Gasteiger partial charge in [-0.15, -0.1) is 0 Å². The highest BCUT2D eigenvalue weighted by atomic mass is 19.4. The average Bonchev–Trinajstić information content (AvgIpc) is 2.43. The summed E-state index contributed by atoms with van der Waals surface area (Å²) in [7, 11) is 0. The number of alkyl halides is 3. The first-order chi connectivity index (χ1) is 9.95. The second-order valence-corrected chi connectivity index (χ2v) is 6.30. The molecule has 1 saturated carbocycles. The fourth-order valence-corrected chi connectivity index (χ4v) is 3.22. The molecule has 0 aromatic heterocycles. The molecule has 21 heavy (non-hydrogen) atoms. The van der Waals surface area contributed by atoms with Gasteiger partial charge in [-0.2, -0.15) is 13.2 Å². The highest BCUT2D eigenvalue weighted by Crippen LogP contribution is 2.31. The third kappa shape index (κ3) is 5.34.